The van der Waals surface area contributed by atoms with Crippen molar-refractivity contribution in [2.75, 3.05) is 43.4 Å². The molecule has 1 aromatic heterocycles. The fourth-order valence-corrected chi connectivity index (χ4v) is 4.57. The van der Waals surface area contributed by atoms with E-state index in [1.807, 2.05) is 25.8 Å². The zero-order valence-electron chi connectivity index (χ0n) is 20.1. The van der Waals surface area contributed by atoms with Crippen LogP contribution in [0.2, 0.25) is 0 Å². The monoisotopic (exact) mass is 466 g/mol. The second-order valence-corrected chi connectivity index (χ2v) is 9.42. The lowest BCUT2D eigenvalue weighted by molar-refractivity contribution is 0.102. The maximum absolute atomic E-state index is 15.1. The highest BCUT2D eigenvalue weighted by Crippen LogP contribution is 2.30. The number of aromatic hydroxyl groups is 1. The number of carbonyl (C=O) groups excluding carboxylic acids is 1. The Morgan fingerprint density at radius 1 is 1.15 bits per heavy atom. The predicted molar refractivity (Wildman–Crippen MR) is 134 cm³/mol. The largest absolute Gasteiger partial charge is 0.506 e. The van der Waals surface area contributed by atoms with Gasteiger partial charge in [0.2, 0.25) is 0 Å². The van der Waals surface area contributed by atoms with Crippen molar-refractivity contribution in [3.63, 3.8) is 0 Å². The van der Waals surface area contributed by atoms with Gasteiger partial charge in [0, 0.05) is 43.8 Å². The molecule has 8 heteroatoms. The van der Waals surface area contributed by atoms with Gasteiger partial charge in [-0.15, -0.1) is 0 Å². The summed E-state index contributed by atoms with van der Waals surface area (Å²) >= 11 is 0. The number of benzene rings is 2. The molecule has 0 aliphatic carbocycles. The molecule has 2 heterocycles. The molecule has 1 fully saturated rings. The molecule has 0 saturated carbocycles. The molecule has 3 aromatic rings. The third-order valence-electron chi connectivity index (χ3n) is 6.25. The molecule has 1 aliphatic heterocycles. The number of likely N-dealkylation sites (N-methyl/N-ethyl adjacent to an activating group) is 1. The molecule has 0 radical (unpaired) electrons. The first-order valence-corrected chi connectivity index (χ1v) is 11.6. The van der Waals surface area contributed by atoms with E-state index >= 15 is 4.39 Å². The SMILES string of the molecule is Cc1cc(NC(=O)c2c(O)c3ccccc3n(CC(C)C)c2=O)cc(F)c1N1CCN(C)CC1. The number of anilines is 2. The van der Waals surface area contributed by atoms with Crippen LogP contribution in [0.15, 0.2) is 41.2 Å². The highest BCUT2D eigenvalue weighted by molar-refractivity contribution is 6.09. The fourth-order valence-electron chi connectivity index (χ4n) is 4.57. The number of para-hydroxylation sites is 1. The van der Waals surface area contributed by atoms with Gasteiger partial charge in [0.05, 0.1) is 11.2 Å². The number of hydrogen-bond donors (Lipinski definition) is 2. The van der Waals surface area contributed by atoms with Crippen LogP contribution in [-0.2, 0) is 6.54 Å². The number of nitrogens with one attached hydrogen (secondary N) is 1. The van der Waals surface area contributed by atoms with Crippen molar-refractivity contribution >= 4 is 28.2 Å². The molecule has 2 aromatic carbocycles. The Bertz CT molecular complexity index is 1270. The first kappa shape index (κ1) is 23.8. The van der Waals surface area contributed by atoms with E-state index in [0.717, 1.165) is 26.2 Å². The van der Waals surface area contributed by atoms with Crippen molar-refractivity contribution in [2.24, 2.45) is 5.92 Å². The minimum Gasteiger partial charge on any atom is -0.506 e. The number of nitrogens with zero attached hydrogens (tertiary/aromatic N) is 3. The third kappa shape index (κ3) is 4.50. The molecular weight excluding hydrogens is 435 g/mol. The number of aryl methyl sites for hydroxylation is 1. The quantitative estimate of drug-likeness (QED) is 0.598. The Kier molecular flexibility index (Phi) is 6.61. The average molecular weight is 467 g/mol. The van der Waals surface area contributed by atoms with E-state index in [1.165, 1.54) is 10.6 Å². The number of fused-ring (bicyclic) bond motifs is 1. The smallest absolute Gasteiger partial charge is 0.267 e. The van der Waals surface area contributed by atoms with Crippen LogP contribution < -0.4 is 15.8 Å². The van der Waals surface area contributed by atoms with Gasteiger partial charge in [0.15, 0.2) is 0 Å². The van der Waals surface area contributed by atoms with Crippen LogP contribution >= 0.6 is 0 Å². The Morgan fingerprint density at radius 3 is 2.47 bits per heavy atom. The summed E-state index contributed by atoms with van der Waals surface area (Å²) in [6, 6.07) is 9.90. The predicted octanol–water partition coefficient (Wildman–Crippen LogP) is 3.81. The standard InChI is InChI=1S/C26H31FN4O3/c1-16(2)15-31-21-8-6-5-7-19(21)24(32)22(26(31)34)25(33)28-18-13-17(3)23(20(27)14-18)30-11-9-29(4)10-12-30/h5-8,13-14,16,32H,9-12,15H2,1-4H3,(H,28,33). The second kappa shape index (κ2) is 9.46. The van der Waals surface area contributed by atoms with E-state index in [2.05, 4.69) is 10.2 Å². The number of amides is 1. The van der Waals surface area contributed by atoms with Gasteiger partial charge in [0.1, 0.15) is 17.1 Å². The summed E-state index contributed by atoms with van der Waals surface area (Å²) in [4.78, 5) is 30.6. The lowest BCUT2D eigenvalue weighted by atomic mass is 10.1. The minimum absolute atomic E-state index is 0.153. The number of halogens is 1. The second-order valence-electron chi connectivity index (χ2n) is 9.42. The van der Waals surface area contributed by atoms with E-state index < -0.39 is 17.3 Å². The topological polar surface area (TPSA) is 77.8 Å². The van der Waals surface area contributed by atoms with Crippen LogP contribution in [0.1, 0.15) is 29.8 Å². The van der Waals surface area contributed by atoms with Crippen LogP contribution in [0.25, 0.3) is 10.9 Å². The Labute approximate surface area is 198 Å². The summed E-state index contributed by atoms with van der Waals surface area (Å²) in [7, 11) is 2.04. The molecule has 34 heavy (non-hydrogen) atoms. The first-order chi connectivity index (χ1) is 16.2. The fraction of sp³-hybridized carbons (Fsp3) is 0.385. The first-order valence-electron chi connectivity index (χ1n) is 11.6. The molecule has 2 N–H and O–H groups in total. The summed E-state index contributed by atoms with van der Waals surface area (Å²) in [6.07, 6.45) is 0. The van der Waals surface area contributed by atoms with Crippen molar-refractivity contribution in [1.29, 1.82) is 0 Å². The lowest BCUT2D eigenvalue weighted by Gasteiger charge is -2.35. The van der Waals surface area contributed by atoms with Gasteiger partial charge in [-0.25, -0.2) is 4.39 Å². The summed E-state index contributed by atoms with van der Waals surface area (Å²) in [5, 5.41) is 13.9. The van der Waals surface area contributed by atoms with Crippen LogP contribution in [0.5, 0.6) is 5.75 Å². The van der Waals surface area contributed by atoms with Crippen molar-refractivity contribution in [3.05, 3.63) is 63.7 Å². The molecule has 0 bridgehead atoms. The van der Waals surface area contributed by atoms with Crippen LogP contribution in [0.4, 0.5) is 15.8 Å². The van der Waals surface area contributed by atoms with Crippen LogP contribution in [-0.4, -0.2) is 53.7 Å². The molecule has 0 atom stereocenters. The maximum atomic E-state index is 15.1. The number of pyridine rings is 1. The van der Waals surface area contributed by atoms with E-state index in [1.54, 1.807) is 37.3 Å². The van der Waals surface area contributed by atoms with Gasteiger partial charge >= 0.3 is 0 Å². The maximum Gasteiger partial charge on any atom is 0.267 e. The molecular formula is C26H31FN4O3. The molecule has 0 unspecified atom stereocenters. The normalized spacial score (nSPS) is 14.7. The molecule has 4 rings (SSSR count). The number of piperazine rings is 1. The van der Waals surface area contributed by atoms with Crippen molar-refractivity contribution < 1.29 is 14.3 Å². The van der Waals surface area contributed by atoms with E-state index in [4.69, 9.17) is 0 Å². The molecule has 1 aliphatic rings. The van der Waals surface area contributed by atoms with Crippen LogP contribution in [0.3, 0.4) is 0 Å². The van der Waals surface area contributed by atoms with E-state index in [9.17, 15) is 14.7 Å². The minimum atomic E-state index is -0.767. The highest BCUT2D eigenvalue weighted by Gasteiger charge is 2.24. The molecule has 180 valence electrons. The summed E-state index contributed by atoms with van der Waals surface area (Å²) < 4.78 is 16.6. The number of rotatable bonds is 5. The average Bonchev–Trinajstić information content (AvgIpc) is 2.77. The highest BCUT2D eigenvalue weighted by atomic mass is 19.1. The van der Waals surface area contributed by atoms with Gasteiger partial charge in [-0.3, -0.25) is 9.59 Å². The van der Waals surface area contributed by atoms with E-state index in [0.29, 0.717) is 28.7 Å². The van der Waals surface area contributed by atoms with Gasteiger partial charge in [-0.1, -0.05) is 26.0 Å². The van der Waals surface area contributed by atoms with Crippen molar-refractivity contribution in [1.82, 2.24) is 9.47 Å². The number of carbonyl (C=O) groups is 1. The zero-order chi connectivity index (χ0) is 24.6. The molecule has 7 nitrogen and oxygen atoms in total. The Morgan fingerprint density at radius 2 is 1.82 bits per heavy atom. The van der Waals surface area contributed by atoms with Gasteiger partial charge in [-0.2, -0.15) is 0 Å². The summed E-state index contributed by atoms with van der Waals surface area (Å²) in [5.74, 6) is -1.42. The molecule has 1 saturated heterocycles. The van der Waals surface area contributed by atoms with Crippen molar-refractivity contribution in [3.8, 4) is 5.75 Å². The Hall–Kier alpha value is -3.39. The van der Waals surface area contributed by atoms with Gasteiger partial charge < -0.3 is 24.8 Å². The third-order valence-corrected chi connectivity index (χ3v) is 6.25. The van der Waals surface area contributed by atoms with Crippen molar-refractivity contribution in [2.45, 2.75) is 27.3 Å². The zero-order valence-corrected chi connectivity index (χ0v) is 20.1. The number of hydrogen-bond acceptors (Lipinski definition) is 5. The summed E-state index contributed by atoms with van der Waals surface area (Å²) in [6.45, 7) is 9.29. The Balaban J connectivity index is 1.69. The molecule has 1 amide bonds. The van der Waals surface area contributed by atoms with Gasteiger partial charge in [-0.05, 0) is 49.7 Å². The van der Waals surface area contributed by atoms with Crippen LogP contribution in [0, 0.1) is 18.7 Å². The van der Waals surface area contributed by atoms with Gasteiger partial charge in [0.25, 0.3) is 11.5 Å². The summed E-state index contributed by atoms with van der Waals surface area (Å²) in [5.41, 5.74) is 1.10. The van der Waals surface area contributed by atoms with E-state index in [-0.39, 0.29) is 22.9 Å². The molecule has 0 spiro atoms. The lowest BCUT2D eigenvalue weighted by Crippen LogP contribution is -2.45. The number of aromatic nitrogens is 1.